The topological polar surface area (TPSA) is 3.24 Å². The summed E-state index contributed by atoms with van der Waals surface area (Å²) < 4.78 is 0. The maximum Gasteiger partial charge on any atom is 0.0714 e. The summed E-state index contributed by atoms with van der Waals surface area (Å²) in [6, 6.07) is 88.0. The third kappa shape index (κ3) is 5.56. The first kappa shape index (κ1) is 37.1. The standard InChI is InChI=1S/C62H45N/c1-6-22-44(23-7-1)51-32-18-21-37-60(51)63(49-38-40-54-52-33-16-19-35-56(52)61(58(54)42-49,45-24-8-2-9-25-45)46-26-10-3-11-27-46)50-39-41-55-53-34-17-20-36-57(53)62(59(55)43-50,47-28-12-4-13-29-47)48-30-14-5-15-31-48/h1-19,21-35,37-43H,20,36H2. The Morgan fingerprint density at radius 2 is 0.794 bits per heavy atom. The van der Waals surface area contributed by atoms with Gasteiger partial charge < -0.3 is 4.90 Å². The minimum absolute atomic E-state index is 0.450. The van der Waals surface area contributed by atoms with Gasteiger partial charge in [0.05, 0.1) is 16.5 Å². The second-order valence-corrected chi connectivity index (χ2v) is 17.0. The minimum atomic E-state index is -0.530. The molecule has 0 radical (unpaired) electrons. The van der Waals surface area contributed by atoms with Crippen LogP contribution in [-0.4, -0.2) is 0 Å². The van der Waals surface area contributed by atoms with Crippen LogP contribution in [-0.2, 0) is 10.8 Å². The molecule has 0 bridgehead atoms. The molecule has 0 saturated heterocycles. The molecule has 0 amide bonds. The molecule has 12 rings (SSSR count). The summed E-state index contributed by atoms with van der Waals surface area (Å²) in [7, 11) is 0. The van der Waals surface area contributed by atoms with Crippen molar-refractivity contribution in [3.05, 3.63) is 299 Å². The molecular formula is C62H45N. The van der Waals surface area contributed by atoms with E-state index in [0.717, 1.165) is 29.9 Å². The Labute approximate surface area is 370 Å². The van der Waals surface area contributed by atoms with Crippen LogP contribution in [0.15, 0.2) is 254 Å². The van der Waals surface area contributed by atoms with Gasteiger partial charge in [-0.2, -0.15) is 0 Å². The summed E-state index contributed by atoms with van der Waals surface area (Å²) >= 11 is 0. The first-order valence-corrected chi connectivity index (χ1v) is 22.2. The van der Waals surface area contributed by atoms with E-state index >= 15 is 0 Å². The van der Waals surface area contributed by atoms with E-state index in [1.54, 1.807) is 0 Å². The third-order valence-electron chi connectivity index (χ3n) is 13.9. The maximum atomic E-state index is 2.53. The van der Waals surface area contributed by atoms with E-state index in [-0.39, 0.29) is 0 Å². The van der Waals surface area contributed by atoms with E-state index in [1.807, 2.05) is 0 Å². The number of rotatable bonds is 8. The number of anilines is 3. The average Bonchev–Trinajstić information content (AvgIpc) is 3.83. The number of para-hydroxylation sites is 1. The van der Waals surface area contributed by atoms with Crippen molar-refractivity contribution in [3.8, 4) is 22.3 Å². The predicted molar refractivity (Wildman–Crippen MR) is 262 cm³/mol. The predicted octanol–water partition coefficient (Wildman–Crippen LogP) is 15.6. The Bertz CT molecular complexity index is 3120. The van der Waals surface area contributed by atoms with E-state index in [1.165, 1.54) is 77.9 Å². The lowest BCUT2D eigenvalue weighted by Gasteiger charge is -2.37. The normalized spacial score (nSPS) is 15.0. The Kier molecular flexibility index (Phi) is 8.83. The smallest absolute Gasteiger partial charge is 0.0714 e. The lowest BCUT2D eigenvalue weighted by atomic mass is 9.65. The van der Waals surface area contributed by atoms with Gasteiger partial charge in [-0.05, 0) is 116 Å². The molecule has 0 fully saturated rings. The second-order valence-electron chi connectivity index (χ2n) is 17.0. The van der Waals surface area contributed by atoms with Gasteiger partial charge >= 0.3 is 0 Å². The van der Waals surface area contributed by atoms with Gasteiger partial charge in [-0.25, -0.2) is 0 Å². The van der Waals surface area contributed by atoms with Crippen LogP contribution < -0.4 is 4.90 Å². The fourth-order valence-electron chi connectivity index (χ4n) is 11.4. The van der Waals surface area contributed by atoms with Crippen LogP contribution in [0.4, 0.5) is 17.1 Å². The molecule has 1 heteroatoms. The molecule has 0 aromatic heterocycles. The first-order chi connectivity index (χ1) is 31.3. The zero-order chi connectivity index (χ0) is 41.8. The molecular weight excluding hydrogens is 759 g/mol. The monoisotopic (exact) mass is 803 g/mol. The summed E-state index contributed by atoms with van der Waals surface area (Å²) in [5.41, 5.74) is 20.5. The Hall–Kier alpha value is -7.74. The summed E-state index contributed by atoms with van der Waals surface area (Å²) in [4.78, 5) is 2.53. The Balaban J connectivity index is 1.16. The molecule has 1 nitrogen and oxygen atoms in total. The molecule has 9 aromatic rings. The Morgan fingerprint density at radius 1 is 0.349 bits per heavy atom. The van der Waals surface area contributed by atoms with Gasteiger partial charge in [0.15, 0.2) is 0 Å². The Morgan fingerprint density at radius 3 is 1.38 bits per heavy atom. The van der Waals surface area contributed by atoms with Crippen molar-refractivity contribution in [3.63, 3.8) is 0 Å². The van der Waals surface area contributed by atoms with Crippen molar-refractivity contribution in [2.75, 3.05) is 4.90 Å². The molecule has 9 aromatic carbocycles. The highest BCUT2D eigenvalue weighted by molar-refractivity contribution is 5.95. The summed E-state index contributed by atoms with van der Waals surface area (Å²) in [6.07, 6.45) is 6.78. The molecule has 63 heavy (non-hydrogen) atoms. The fourth-order valence-corrected chi connectivity index (χ4v) is 11.4. The zero-order valence-electron chi connectivity index (χ0n) is 35.0. The van der Waals surface area contributed by atoms with E-state index in [4.69, 9.17) is 0 Å². The molecule has 0 unspecified atom stereocenters. The highest BCUT2D eigenvalue weighted by Gasteiger charge is 2.49. The van der Waals surface area contributed by atoms with Gasteiger partial charge in [0.2, 0.25) is 0 Å². The number of nitrogens with zero attached hydrogens (tertiary/aromatic N) is 1. The number of hydrogen-bond donors (Lipinski definition) is 0. The largest absolute Gasteiger partial charge is 0.310 e. The maximum absolute atomic E-state index is 2.53. The molecule has 0 heterocycles. The van der Waals surface area contributed by atoms with Crippen LogP contribution in [0.25, 0.3) is 27.8 Å². The molecule has 0 saturated carbocycles. The van der Waals surface area contributed by atoms with Crippen molar-refractivity contribution in [2.45, 2.75) is 23.7 Å². The van der Waals surface area contributed by atoms with E-state index in [2.05, 4.69) is 254 Å². The molecule has 0 atom stereocenters. The first-order valence-electron chi connectivity index (χ1n) is 22.2. The third-order valence-corrected chi connectivity index (χ3v) is 13.9. The molecule has 0 N–H and O–H groups in total. The van der Waals surface area contributed by atoms with Gasteiger partial charge in [-0.15, -0.1) is 0 Å². The van der Waals surface area contributed by atoms with Gasteiger partial charge in [0.1, 0.15) is 0 Å². The van der Waals surface area contributed by atoms with Crippen LogP contribution >= 0.6 is 0 Å². The van der Waals surface area contributed by atoms with Gasteiger partial charge in [-0.1, -0.05) is 218 Å². The lowest BCUT2D eigenvalue weighted by molar-refractivity contribution is 0.696. The molecule has 298 valence electrons. The average molecular weight is 804 g/mol. The zero-order valence-corrected chi connectivity index (χ0v) is 35.0. The minimum Gasteiger partial charge on any atom is -0.310 e. The number of hydrogen-bond acceptors (Lipinski definition) is 1. The van der Waals surface area contributed by atoms with Crippen LogP contribution in [0.2, 0.25) is 0 Å². The second kappa shape index (κ2) is 15.0. The number of fused-ring (bicyclic) bond motifs is 5. The molecule has 3 aliphatic carbocycles. The van der Waals surface area contributed by atoms with E-state index < -0.39 is 10.8 Å². The van der Waals surface area contributed by atoms with Crippen molar-refractivity contribution in [2.24, 2.45) is 0 Å². The molecule has 0 spiro atoms. The molecule has 3 aliphatic rings. The van der Waals surface area contributed by atoms with Crippen LogP contribution in [0.1, 0.15) is 57.3 Å². The van der Waals surface area contributed by atoms with Gasteiger partial charge in [0.25, 0.3) is 0 Å². The van der Waals surface area contributed by atoms with Crippen LogP contribution in [0.5, 0.6) is 0 Å². The molecule has 0 aliphatic heterocycles. The van der Waals surface area contributed by atoms with Crippen molar-refractivity contribution < 1.29 is 0 Å². The number of allylic oxidation sites excluding steroid dienone is 4. The summed E-state index contributed by atoms with van der Waals surface area (Å²) in [6.45, 7) is 0. The van der Waals surface area contributed by atoms with Crippen LogP contribution in [0, 0.1) is 0 Å². The number of benzene rings is 9. The highest BCUT2D eigenvalue weighted by Crippen LogP contribution is 2.60. The van der Waals surface area contributed by atoms with E-state index in [9.17, 15) is 0 Å². The van der Waals surface area contributed by atoms with E-state index in [0.29, 0.717) is 0 Å². The SMILES string of the molecule is C1=CC2=C(CC1)C(c1ccccc1)(c1ccccc1)c1cc(N(c3ccc4c(c3)C(c3ccccc3)(c3ccccc3)c3ccccc3-4)c3ccccc3-c3ccccc3)ccc12. The van der Waals surface area contributed by atoms with Gasteiger partial charge in [-0.3, -0.25) is 0 Å². The van der Waals surface area contributed by atoms with Crippen molar-refractivity contribution >= 4 is 22.6 Å². The quantitative estimate of drug-likeness (QED) is 0.148. The van der Waals surface area contributed by atoms with Crippen molar-refractivity contribution in [1.29, 1.82) is 0 Å². The summed E-state index contributed by atoms with van der Waals surface area (Å²) in [5, 5.41) is 0. The van der Waals surface area contributed by atoms with Crippen LogP contribution in [0.3, 0.4) is 0 Å². The highest BCUT2D eigenvalue weighted by atomic mass is 15.1. The fraction of sp³-hybridized carbons (Fsp3) is 0.0645. The lowest BCUT2D eigenvalue weighted by Crippen LogP contribution is -2.30. The van der Waals surface area contributed by atoms with Crippen molar-refractivity contribution in [1.82, 2.24) is 0 Å². The summed E-state index contributed by atoms with van der Waals surface area (Å²) in [5.74, 6) is 0. The van der Waals surface area contributed by atoms with Gasteiger partial charge in [0, 0.05) is 16.9 Å².